The van der Waals surface area contributed by atoms with Crippen LogP contribution in [-0.2, 0) is 0 Å². The van der Waals surface area contributed by atoms with Crippen LogP contribution in [-0.4, -0.2) is 18.3 Å². The second-order valence-corrected chi connectivity index (χ2v) is 5.53. The predicted octanol–water partition coefficient (Wildman–Crippen LogP) is 4.50. The molecule has 0 fully saturated rings. The van der Waals surface area contributed by atoms with Crippen LogP contribution in [0.5, 0.6) is 5.75 Å². The van der Waals surface area contributed by atoms with Crippen molar-refractivity contribution in [3.05, 3.63) is 58.1 Å². The summed E-state index contributed by atoms with van der Waals surface area (Å²) >= 11 is 6.17. The maximum atomic E-state index is 12.3. The highest BCUT2D eigenvalue weighted by Crippen LogP contribution is 2.30. The van der Waals surface area contributed by atoms with Crippen molar-refractivity contribution in [3.63, 3.8) is 0 Å². The maximum absolute atomic E-state index is 12.3. The van der Waals surface area contributed by atoms with E-state index >= 15 is 0 Å². The van der Waals surface area contributed by atoms with Crippen LogP contribution >= 0.6 is 11.6 Å². The smallest absolute Gasteiger partial charge is 0.255 e. The summed E-state index contributed by atoms with van der Waals surface area (Å²) in [6.07, 6.45) is 0. The maximum Gasteiger partial charge on any atom is 0.255 e. The molecular formula is C18H18ClNO3. The van der Waals surface area contributed by atoms with E-state index in [1.54, 1.807) is 36.4 Å². The third-order valence-electron chi connectivity index (χ3n) is 3.33. The van der Waals surface area contributed by atoms with Gasteiger partial charge in [0.25, 0.3) is 5.91 Å². The Balaban J connectivity index is 2.19. The van der Waals surface area contributed by atoms with E-state index in [1.165, 1.54) is 6.92 Å². The van der Waals surface area contributed by atoms with Crippen molar-refractivity contribution in [3.8, 4) is 5.75 Å². The molecule has 0 saturated heterocycles. The molecule has 0 unspecified atom stereocenters. The zero-order valence-corrected chi connectivity index (χ0v) is 14.0. The Morgan fingerprint density at radius 1 is 1.13 bits per heavy atom. The van der Waals surface area contributed by atoms with E-state index in [0.29, 0.717) is 34.2 Å². The van der Waals surface area contributed by atoms with Gasteiger partial charge in [0.15, 0.2) is 5.78 Å². The molecule has 0 aliphatic rings. The number of aryl methyl sites for hydroxylation is 1. The first-order chi connectivity index (χ1) is 10.9. The molecule has 0 atom stereocenters. The Morgan fingerprint density at radius 3 is 2.30 bits per heavy atom. The quantitative estimate of drug-likeness (QED) is 0.820. The van der Waals surface area contributed by atoms with Crippen LogP contribution < -0.4 is 10.1 Å². The summed E-state index contributed by atoms with van der Waals surface area (Å²) in [5.41, 5.74) is 2.47. The van der Waals surface area contributed by atoms with Crippen molar-refractivity contribution >= 4 is 29.0 Å². The number of ketones is 1. The number of halogens is 1. The minimum Gasteiger partial charge on any atom is -0.492 e. The van der Waals surface area contributed by atoms with Crippen molar-refractivity contribution in [2.75, 3.05) is 11.9 Å². The summed E-state index contributed by atoms with van der Waals surface area (Å²) in [6.45, 7) is 5.73. The Labute approximate surface area is 140 Å². The zero-order chi connectivity index (χ0) is 17.0. The lowest BCUT2D eigenvalue weighted by Crippen LogP contribution is -2.12. The van der Waals surface area contributed by atoms with Crippen LogP contribution in [0, 0.1) is 6.92 Å². The van der Waals surface area contributed by atoms with Gasteiger partial charge in [-0.2, -0.15) is 0 Å². The van der Waals surface area contributed by atoms with E-state index in [9.17, 15) is 9.59 Å². The molecule has 2 aromatic carbocycles. The van der Waals surface area contributed by atoms with E-state index in [0.717, 1.165) is 5.56 Å². The molecule has 2 aromatic rings. The topological polar surface area (TPSA) is 55.4 Å². The Kier molecular flexibility index (Phi) is 5.40. The number of ether oxygens (including phenoxy) is 1. The summed E-state index contributed by atoms with van der Waals surface area (Å²) in [5.74, 6) is 0.307. The first-order valence-corrected chi connectivity index (χ1v) is 7.65. The standard InChI is InChI=1S/C18H18ClNO3/c1-4-23-17-11(2)9-14(10-16(17)19)18(22)20-15-7-5-13(6-8-15)12(3)21/h5-10H,4H2,1-3H3,(H,20,22). The van der Waals surface area contributed by atoms with Gasteiger partial charge < -0.3 is 10.1 Å². The highest BCUT2D eigenvalue weighted by molar-refractivity contribution is 6.32. The van der Waals surface area contributed by atoms with Crippen molar-refractivity contribution < 1.29 is 14.3 Å². The lowest BCUT2D eigenvalue weighted by molar-refractivity contribution is 0.101. The largest absolute Gasteiger partial charge is 0.492 e. The number of carbonyl (C=O) groups is 2. The molecular weight excluding hydrogens is 314 g/mol. The summed E-state index contributed by atoms with van der Waals surface area (Å²) in [6, 6.07) is 10.0. The molecule has 0 radical (unpaired) electrons. The first kappa shape index (κ1) is 17.0. The van der Waals surface area contributed by atoms with E-state index in [2.05, 4.69) is 5.32 Å². The van der Waals surface area contributed by atoms with Gasteiger partial charge in [-0.1, -0.05) is 11.6 Å². The Bertz CT molecular complexity index is 715. The van der Waals surface area contributed by atoms with E-state index < -0.39 is 0 Å². The van der Waals surface area contributed by atoms with Crippen LogP contribution in [0.4, 0.5) is 5.69 Å². The molecule has 23 heavy (non-hydrogen) atoms. The fourth-order valence-corrected chi connectivity index (χ4v) is 2.50. The highest BCUT2D eigenvalue weighted by atomic mass is 35.5. The molecule has 5 heteroatoms. The third kappa shape index (κ3) is 4.11. The molecule has 0 aromatic heterocycles. The molecule has 120 valence electrons. The zero-order valence-electron chi connectivity index (χ0n) is 13.3. The molecule has 4 nitrogen and oxygen atoms in total. The van der Waals surface area contributed by atoms with E-state index in [1.807, 2.05) is 13.8 Å². The summed E-state index contributed by atoms with van der Waals surface area (Å²) in [4.78, 5) is 23.6. The van der Waals surface area contributed by atoms with Crippen molar-refractivity contribution in [1.29, 1.82) is 0 Å². The SMILES string of the molecule is CCOc1c(C)cc(C(=O)Nc2ccc(C(C)=O)cc2)cc1Cl. The van der Waals surface area contributed by atoms with Crippen molar-refractivity contribution in [2.24, 2.45) is 0 Å². The number of nitrogens with one attached hydrogen (secondary N) is 1. The van der Waals surface area contributed by atoms with Crippen molar-refractivity contribution in [1.82, 2.24) is 0 Å². The monoisotopic (exact) mass is 331 g/mol. The Morgan fingerprint density at radius 2 is 1.78 bits per heavy atom. The molecule has 0 bridgehead atoms. The molecule has 0 aliphatic heterocycles. The predicted molar refractivity (Wildman–Crippen MR) is 91.8 cm³/mol. The Hall–Kier alpha value is -2.33. The van der Waals surface area contributed by atoms with Gasteiger partial charge in [-0.3, -0.25) is 9.59 Å². The average molecular weight is 332 g/mol. The van der Waals surface area contributed by atoms with Gasteiger partial charge in [0, 0.05) is 16.8 Å². The van der Waals surface area contributed by atoms with Crippen LogP contribution in [0.3, 0.4) is 0 Å². The van der Waals surface area contributed by atoms with Crippen LogP contribution in [0.25, 0.3) is 0 Å². The lowest BCUT2D eigenvalue weighted by atomic mass is 10.1. The summed E-state index contributed by atoms with van der Waals surface area (Å²) < 4.78 is 5.46. The van der Waals surface area contributed by atoms with Gasteiger partial charge in [0.2, 0.25) is 0 Å². The van der Waals surface area contributed by atoms with Gasteiger partial charge in [0.05, 0.1) is 11.6 Å². The number of hydrogen-bond acceptors (Lipinski definition) is 3. The minimum atomic E-state index is -0.270. The molecule has 1 N–H and O–H groups in total. The molecule has 0 spiro atoms. The number of benzene rings is 2. The van der Waals surface area contributed by atoms with Gasteiger partial charge in [-0.05, 0) is 62.7 Å². The van der Waals surface area contributed by atoms with Gasteiger partial charge in [-0.15, -0.1) is 0 Å². The van der Waals surface area contributed by atoms with E-state index in [-0.39, 0.29) is 11.7 Å². The number of anilines is 1. The van der Waals surface area contributed by atoms with Gasteiger partial charge in [0.1, 0.15) is 5.75 Å². The van der Waals surface area contributed by atoms with Crippen LogP contribution in [0.1, 0.15) is 40.1 Å². The van der Waals surface area contributed by atoms with Crippen LogP contribution in [0.15, 0.2) is 36.4 Å². The van der Waals surface area contributed by atoms with Crippen LogP contribution in [0.2, 0.25) is 5.02 Å². The van der Waals surface area contributed by atoms with Gasteiger partial charge >= 0.3 is 0 Å². The van der Waals surface area contributed by atoms with E-state index in [4.69, 9.17) is 16.3 Å². The van der Waals surface area contributed by atoms with Gasteiger partial charge in [-0.25, -0.2) is 0 Å². The van der Waals surface area contributed by atoms with Crippen molar-refractivity contribution in [2.45, 2.75) is 20.8 Å². The molecule has 2 rings (SSSR count). The fourth-order valence-electron chi connectivity index (χ4n) is 2.18. The normalized spacial score (nSPS) is 10.3. The molecule has 0 aliphatic carbocycles. The molecule has 0 saturated carbocycles. The molecule has 1 amide bonds. The minimum absolute atomic E-state index is 0.0169. The summed E-state index contributed by atoms with van der Waals surface area (Å²) in [7, 11) is 0. The number of Topliss-reactive ketones (excluding diaryl/α,β-unsaturated/α-hetero) is 1. The number of hydrogen-bond donors (Lipinski definition) is 1. The lowest BCUT2D eigenvalue weighted by Gasteiger charge is -2.12. The number of amides is 1. The first-order valence-electron chi connectivity index (χ1n) is 7.27. The number of carbonyl (C=O) groups excluding carboxylic acids is 2. The summed E-state index contributed by atoms with van der Waals surface area (Å²) in [5, 5.41) is 3.19. The highest BCUT2D eigenvalue weighted by Gasteiger charge is 2.13. The molecule has 0 heterocycles. The second-order valence-electron chi connectivity index (χ2n) is 5.12. The fraction of sp³-hybridized carbons (Fsp3) is 0.222. The number of rotatable bonds is 5. The average Bonchev–Trinajstić information content (AvgIpc) is 2.51. The second kappa shape index (κ2) is 7.29. The third-order valence-corrected chi connectivity index (χ3v) is 3.61.